The Labute approximate surface area is 74.6 Å². The maximum atomic E-state index is 10.5. The van der Waals surface area contributed by atoms with Crippen LogP contribution < -0.4 is 0 Å². The fourth-order valence-corrected chi connectivity index (χ4v) is 0.678. The molecule has 0 bridgehead atoms. The summed E-state index contributed by atoms with van der Waals surface area (Å²) in [6, 6.07) is 0. The third kappa shape index (κ3) is 5.04. The van der Waals surface area contributed by atoms with Gasteiger partial charge in [-0.3, -0.25) is 9.59 Å². The zero-order chi connectivity index (χ0) is 8.85. The highest BCUT2D eigenvalue weighted by atomic mass is 35.5. The molecule has 0 heterocycles. The standard InChI is InChI=1S/C6H8Cl2O3/c1-11-5(9)3-2-4(7)6(8)10/h4H,2-3H2,1H3/t4-/m1/s1. The number of methoxy groups -OCH3 is 1. The fraction of sp³-hybridized carbons (Fsp3) is 0.667. The van der Waals surface area contributed by atoms with Gasteiger partial charge in [0.15, 0.2) is 0 Å². The molecular formula is C6H8Cl2O3. The van der Waals surface area contributed by atoms with E-state index in [1.807, 2.05) is 0 Å². The van der Waals surface area contributed by atoms with E-state index in [1.165, 1.54) is 7.11 Å². The highest BCUT2D eigenvalue weighted by Crippen LogP contribution is 2.09. The molecule has 0 aliphatic rings. The van der Waals surface area contributed by atoms with E-state index in [0.29, 0.717) is 0 Å². The Kier molecular flexibility index (Phi) is 5.24. The number of esters is 1. The van der Waals surface area contributed by atoms with E-state index in [0.717, 1.165) is 0 Å². The number of hydrogen-bond donors (Lipinski definition) is 0. The molecule has 64 valence electrons. The molecule has 0 rings (SSSR count). The van der Waals surface area contributed by atoms with Crippen LogP contribution in [0.3, 0.4) is 0 Å². The van der Waals surface area contributed by atoms with E-state index in [2.05, 4.69) is 4.74 Å². The number of hydrogen-bond acceptors (Lipinski definition) is 3. The number of carbonyl (C=O) groups excluding carboxylic acids is 2. The van der Waals surface area contributed by atoms with E-state index in [9.17, 15) is 9.59 Å². The van der Waals surface area contributed by atoms with Crippen LogP contribution in [-0.4, -0.2) is 23.7 Å². The molecule has 0 radical (unpaired) electrons. The Balaban J connectivity index is 3.54. The van der Waals surface area contributed by atoms with Gasteiger partial charge in [0.05, 0.1) is 7.11 Å². The monoisotopic (exact) mass is 198 g/mol. The van der Waals surface area contributed by atoms with Gasteiger partial charge >= 0.3 is 5.97 Å². The first-order chi connectivity index (χ1) is 5.07. The fourth-order valence-electron chi connectivity index (χ4n) is 0.460. The van der Waals surface area contributed by atoms with E-state index < -0.39 is 16.6 Å². The van der Waals surface area contributed by atoms with Crippen molar-refractivity contribution in [3.05, 3.63) is 0 Å². The molecule has 0 aromatic heterocycles. The van der Waals surface area contributed by atoms with Gasteiger partial charge in [0.25, 0.3) is 0 Å². The van der Waals surface area contributed by atoms with Gasteiger partial charge in [-0.1, -0.05) is 0 Å². The van der Waals surface area contributed by atoms with Crippen LogP contribution in [0.2, 0.25) is 0 Å². The van der Waals surface area contributed by atoms with Crippen molar-refractivity contribution in [1.29, 1.82) is 0 Å². The molecule has 1 atom stereocenters. The molecular weight excluding hydrogens is 191 g/mol. The number of alkyl halides is 1. The van der Waals surface area contributed by atoms with Crippen molar-refractivity contribution >= 4 is 34.4 Å². The van der Waals surface area contributed by atoms with E-state index in [-0.39, 0.29) is 12.8 Å². The van der Waals surface area contributed by atoms with Crippen LogP contribution in [0.1, 0.15) is 12.8 Å². The molecule has 0 fully saturated rings. The summed E-state index contributed by atoms with van der Waals surface area (Å²) in [5.74, 6) is -0.395. The van der Waals surface area contributed by atoms with Gasteiger partial charge in [-0.05, 0) is 18.0 Å². The minimum atomic E-state index is -0.796. The number of carbonyl (C=O) groups is 2. The molecule has 0 aromatic rings. The van der Waals surface area contributed by atoms with Crippen LogP contribution in [0.25, 0.3) is 0 Å². The van der Waals surface area contributed by atoms with Crippen LogP contribution in [-0.2, 0) is 14.3 Å². The van der Waals surface area contributed by atoms with Gasteiger partial charge in [-0.15, -0.1) is 11.6 Å². The van der Waals surface area contributed by atoms with Crippen molar-refractivity contribution in [2.24, 2.45) is 0 Å². The maximum absolute atomic E-state index is 10.5. The van der Waals surface area contributed by atoms with Gasteiger partial charge in [0.1, 0.15) is 5.38 Å². The second kappa shape index (κ2) is 5.38. The lowest BCUT2D eigenvalue weighted by Crippen LogP contribution is -2.11. The van der Waals surface area contributed by atoms with Crippen molar-refractivity contribution in [2.45, 2.75) is 18.2 Å². The number of halogens is 2. The Morgan fingerprint density at radius 2 is 2.09 bits per heavy atom. The molecule has 0 saturated carbocycles. The lowest BCUT2D eigenvalue weighted by molar-refractivity contribution is -0.140. The number of ether oxygens (including phenoxy) is 1. The lowest BCUT2D eigenvalue weighted by atomic mass is 10.2. The van der Waals surface area contributed by atoms with Gasteiger partial charge in [0, 0.05) is 6.42 Å². The quantitative estimate of drug-likeness (QED) is 0.389. The van der Waals surface area contributed by atoms with Gasteiger partial charge in [-0.25, -0.2) is 0 Å². The van der Waals surface area contributed by atoms with Crippen molar-refractivity contribution in [3.63, 3.8) is 0 Å². The van der Waals surface area contributed by atoms with Crippen LogP contribution in [0.4, 0.5) is 0 Å². The molecule has 0 N–H and O–H groups in total. The second-order valence-corrected chi connectivity index (χ2v) is 2.79. The first-order valence-corrected chi connectivity index (χ1v) is 3.79. The minimum Gasteiger partial charge on any atom is -0.469 e. The maximum Gasteiger partial charge on any atom is 0.305 e. The summed E-state index contributed by atoms with van der Waals surface area (Å²) in [5, 5.41) is -1.44. The van der Waals surface area contributed by atoms with Gasteiger partial charge < -0.3 is 4.74 Å². The van der Waals surface area contributed by atoms with Crippen LogP contribution in [0, 0.1) is 0 Å². The first-order valence-electron chi connectivity index (χ1n) is 2.98. The molecule has 0 spiro atoms. The van der Waals surface area contributed by atoms with E-state index >= 15 is 0 Å². The third-order valence-electron chi connectivity index (χ3n) is 1.08. The molecule has 0 aliphatic carbocycles. The summed E-state index contributed by atoms with van der Waals surface area (Å²) in [5.41, 5.74) is 0. The Bertz CT molecular complexity index is 158. The SMILES string of the molecule is COC(=O)CC[C@@H](Cl)C(=O)Cl. The predicted molar refractivity (Wildman–Crippen MR) is 41.8 cm³/mol. The van der Waals surface area contributed by atoms with E-state index in [1.54, 1.807) is 0 Å². The summed E-state index contributed by atoms with van der Waals surface area (Å²) in [6.45, 7) is 0. The Morgan fingerprint density at radius 3 is 2.45 bits per heavy atom. The third-order valence-corrected chi connectivity index (χ3v) is 1.87. The zero-order valence-corrected chi connectivity index (χ0v) is 7.48. The summed E-state index contributed by atoms with van der Waals surface area (Å²) >= 11 is 10.5. The average molecular weight is 199 g/mol. The Morgan fingerprint density at radius 1 is 1.55 bits per heavy atom. The summed E-state index contributed by atoms with van der Waals surface area (Å²) in [4.78, 5) is 20.8. The first kappa shape index (κ1) is 10.7. The molecule has 0 amide bonds. The molecule has 0 unspecified atom stereocenters. The van der Waals surface area contributed by atoms with Crippen molar-refractivity contribution in [3.8, 4) is 0 Å². The van der Waals surface area contributed by atoms with Crippen LogP contribution in [0.5, 0.6) is 0 Å². The summed E-state index contributed by atoms with van der Waals surface area (Å²) < 4.78 is 4.33. The molecule has 3 nitrogen and oxygen atoms in total. The van der Waals surface area contributed by atoms with Crippen LogP contribution >= 0.6 is 23.2 Å². The predicted octanol–water partition coefficient (Wildman–Crippen LogP) is 1.31. The Hall–Kier alpha value is -0.280. The van der Waals surface area contributed by atoms with Crippen molar-refractivity contribution in [2.75, 3.05) is 7.11 Å². The highest BCUT2D eigenvalue weighted by Gasteiger charge is 2.14. The molecule has 5 heteroatoms. The molecule has 11 heavy (non-hydrogen) atoms. The highest BCUT2D eigenvalue weighted by molar-refractivity contribution is 6.69. The van der Waals surface area contributed by atoms with E-state index in [4.69, 9.17) is 23.2 Å². The molecule has 0 saturated heterocycles. The zero-order valence-electron chi connectivity index (χ0n) is 5.97. The van der Waals surface area contributed by atoms with Crippen LogP contribution in [0.15, 0.2) is 0 Å². The molecule has 0 aliphatic heterocycles. The average Bonchev–Trinajstić information content (AvgIpc) is 1.99. The molecule has 0 aromatic carbocycles. The smallest absolute Gasteiger partial charge is 0.305 e. The second-order valence-electron chi connectivity index (χ2n) is 1.89. The largest absolute Gasteiger partial charge is 0.469 e. The normalized spacial score (nSPS) is 12.3. The van der Waals surface area contributed by atoms with Crippen molar-refractivity contribution in [1.82, 2.24) is 0 Å². The van der Waals surface area contributed by atoms with Gasteiger partial charge in [0.2, 0.25) is 5.24 Å². The number of rotatable bonds is 4. The topological polar surface area (TPSA) is 43.4 Å². The van der Waals surface area contributed by atoms with Gasteiger partial charge in [-0.2, -0.15) is 0 Å². The lowest BCUT2D eigenvalue weighted by Gasteiger charge is -2.01. The minimum absolute atomic E-state index is 0.114. The summed E-state index contributed by atoms with van der Waals surface area (Å²) in [7, 11) is 1.27. The van der Waals surface area contributed by atoms with Crippen molar-refractivity contribution < 1.29 is 14.3 Å². The summed E-state index contributed by atoms with van der Waals surface area (Å²) in [6.07, 6.45) is 0.333.